The fourth-order valence-corrected chi connectivity index (χ4v) is 2.42. The molecule has 0 bridgehead atoms. The van der Waals surface area contributed by atoms with Gasteiger partial charge in [-0.25, -0.2) is 5.26 Å². The van der Waals surface area contributed by atoms with E-state index in [0.717, 1.165) is 5.56 Å². The molecule has 0 saturated heterocycles. The number of hydrogen-bond donors (Lipinski definition) is 3. The Hall–Kier alpha value is -1.87. The summed E-state index contributed by atoms with van der Waals surface area (Å²) in [6.07, 6.45) is 0. The van der Waals surface area contributed by atoms with E-state index in [9.17, 15) is 10.2 Å². The maximum absolute atomic E-state index is 10.2. The van der Waals surface area contributed by atoms with Gasteiger partial charge in [0, 0.05) is 7.05 Å². The lowest BCUT2D eigenvalue weighted by Gasteiger charge is -2.10. The third-order valence-corrected chi connectivity index (χ3v) is 3.25. The lowest BCUT2D eigenvalue weighted by molar-refractivity contribution is -0.432. The number of benzene rings is 2. The van der Waals surface area contributed by atoms with Crippen LogP contribution in [-0.4, -0.2) is 22.5 Å². The van der Waals surface area contributed by atoms with Crippen LogP contribution in [0.15, 0.2) is 33.3 Å². The number of azo groups is 1. The van der Waals surface area contributed by atoms with E-state index >= 15 is 0 Å². The zero-order valence-corrected chi connectivity index (χ0v) is 11.5. The van der Waals surface area contributed by atoms with E-state index in [1.165, 1.54) is 13.1 Å². The van der Waals surface area contributed by atoms with Crippen LogP contribution in [0.4, 0.5) is 5.69 Å². The SMILES string of the molecule is CN=Nc1c(SOOO)cc2cc(C)cc(O)c2c1O. The molecule has 0 aliphatic carbocycles. The Labute approximate surface area is 118 Å². The number of hydrogen-bond acceptors (Lipinski definition) is 8. The summed E-state index contributed by atoms with van der Waals surface area (Å²) >= 11 is 0.660. The first-order valence-electron chi connectivity index (χ1n) is 5.52. The van der Waals surface area contributed by atoms with Gasteiger partial charge in [-0.2, -0.15) is 10.2 Å². The fraction of sp³-hybridized carbons (Fsp3) is 0.167. The molecule has 0 radical (unpaired) electrons. The Bertz CT molecular complexity index is 675. The van der Waals surface area contributed by atoms with Gasteiger partial charge in [0.2, 0.25) is 0 Å². The summed E-state index contributed by atoms with van der Waals surface area (Å²) < 4.78 is 4.37. The largest absolute Gasteiger partial charge is 0.507 e. The Kier molecular flexibility index (Phi) is 4.40. The molecule has 0 spiro atoms. The summed E-state index contributed by atoms with van der Waals surface area (Å²) in [7, 11) is 1.44. The molecule has 0 amide bonds. The number of phenolic OH excluding ortho intramolecular Hbond substituents is 2. The molecule has 0 heterocycles. The molecule has 0 unspecified atom stereocenters. The highest BCUT2D eigenvalue weighted by atomic mass is 32.2. The predicted molar refractivity (Wildman–Crippen MR) is 73.1 cm³/mol. The van der Waals surface area contributed by atoms with Crippen LogP contribution in [0.1, 0.15) is 5.56 Å². The topological polar surface area (TPSA) is 104 Å². The number of phenols is 2. The Morgan fingerprint density at radius 2 is 1.95 bits per heavy atom. The van der Waals surface area contributed by atoms with Gasteiger partial charge in [0.1, 0.15) is 11.4 Å². The highest BCUT2D eigenvalue weighted by molar-refractivity contribution is 7.94. The second-order valence-corrected chi connectivity index (χ2v) is 4.72. The Morgan fingerprint density at radius 3 is 2.60 bits per heavy atom. The highest BCUT2D eigenvalue weighted by Crippen LogP contribution is 2.46. The van der Waals surface area contributed by atoms with Crippen molar-refractivity contribution in [3.05, 3.63) is 23.8 Å². The van der Waals surface area contributed by atoms with E-state index < -0.39 is 0 Å². The lowest BCUT2D eigenvalue weighted by Crippen LogP contribution is -1.85. The molecule has 0 fully saturated rings. The number of aromatic hydroxyl groups is 2. The van der Waals surface area contributed by atoms with Crippen LogP contribution in [0, 0.1) is 6.92 Å². The van der Waals surface area contributed by atoms with Crippen molar-refractivity contribution in [2.24, 2.45) is 10.2 Å². The van der Waals surface area contributed by atoms with Crippen molar-refractivity contribution in [1.82, 2.24) is 0 Å². The summed E-state index contributed by atoms with van der Waals surface area (Å²) in [6, 6.07) is 4.95. The molecule has 2 aromatic rings. The number of aryl methyl sites for hydroxylation is 1. The van der Waals surface area contributed by atoms with Gasteiger partial charge >= 0.3 is 0 Å². The van der Waals surface area contributed by atoms with E-state index in [1.54, 1.807) is 12.1 Å². The quantitative estimate of drug-likeness (QED) is 0.344. The molecule has 2 rings (SSSR count). The lowest BCUT2D eigenvalue weighted by atomic mass is 10.0. The predicted octanol–water partition coefficient (Wildman–Crippen LogP) is 3.70. The molecular formula is C12H12N2O5S. The van der Waals surface area contributed by atoms with Gasteiger partial charge in [-0.3, -0.25) is 0 Å². The van der Waals surface area contributed by atoms with E-state index in [1.807, 2.05) is 6.92 Å². The van der Waals surface area contributed by atoms with Gasteiger partial charge in [-0.15, -0.1) is 4.33 Å². The van der Waals surface area contributed by atoms with Crippen LogP contribution >= 0.6 is 12.0 Å². The molecule has 8 heteroatoms. The minimum atomic E-state index is -0.227. The molecule has 106 valence electrons. The third kappa shape index (κ3) is 2.68. The first-order chi connectivity index (χ1) is 9.58. The molecular weight excluding hydrogens is 284 g/mol. The zero-order valence-electron chi connectivity index (χ0n) is 10.7. The smallest absolute Gasteiger partial charge is 0.155 e. The first kappa shape index (κ1) is 14.5. The van der Waals surface area contributed by atoms with E-state index in [4.69, 9.17) is 5.26 Å². The second-order valence-electron chi connectivity index (χ2n) is 3.98. The standard InChI is InChI=1S/C12H12N2O5S/c1-6-3-7-5-9(20-19-18-17)11(14-13-2)12(16)10(7)8(15)4-6/h3-5,15-17H,1-2H3. The maximum Gasteiger partial charge on any atom is 0.155 e. The van der Waals surface area contributed by atoms with Crippen LogP contribution in [0.2, 0.25) is 0 Å². The molecule has 0 aromatic heterocycles. The third-order valence-electron chi connectivity index (χ3n) is 2.63. The van der Waals surface area contributed by atoms with Crippen molar-refractivity contribution in [3.63, 3.8) is 0 Å². The Balaban J connectivity index is 2.74. The molecule has 0 saturated carbocycles. The highest BCUT2D eigenvalue weighted by Gasteiger charge is 2.17. The Morgan fingerprint density at radius 1 is 1.20 bits per heavy atom. The van der Waals surface area contributed by atoms with Gasteiger partial charge < -0.3 is 10.2 Å². The molecule has 7 nitrogen and oxygen atoms in total. The maximum atomic E-state index is 10.2. The molecule has 2 aromatic carbocycles. The summed E-state index contributed by atoms with van der Waals surface area (Å²) in [5.74, 6) is -0.282. The summed E-state index contributed by atoms with van der Waals surface area (Å²) in [5.41, 5.74) is 0.941. The van der Waals surface area contributed by atoms with Crippen molar-refractivity contribution >= 4 is 28.5 Å². The summed E-state index contributed by atoms with van der Waals surface area (Å²) in [5, 5.41) is 40.2. The van der Waals surface area contributed by atoms with Gasteiger partial charge in [0.15, 0.2) is 5.75 Å². The van der Waals surface area contributed by atoms with Crippen LogP contribution in [0.3, 0.4) is 0 Å². The van der Waals surface area contributed by atoms with Crippen LogP contribution in [0.25, 0.3) is 10.8 Å². The normalized spacial score (nSPS) is 11.6. The van der Waals surface area contributed by atoms with Crippen LogP contribution < -0.4 is 0 Å². The van der Waals surface area contributed by atoms with Gasteiger partial charge in [-0.05, 0) is 30.0 Å². The average Bonchev–Trinajstić information content (AvgIpc) is 2.39. The van der Waals surface area contributed by atoms with Crippen molar-refractivity contribution in [2.75, 3.05) is 7.05 Å². The minimum Gasteiger partial charge on any atom is -0.507 e. The van der Waals surface area contributed by atoms with Crippen LogP contribution in [0.5, 0.6) is 11.5 Å². The number of fused-ring (bicyclic) bond motifs is 1. The van der Waals surface area contributed by atoms with Gasteiger partial charge in [0.05, 0.1) is 22.3 Å². The first-order valence-corrected chi connectivity index (χ1v) is 6.26. The molecule has 0 aliphatic heterocycles. The van der Waals surface area contributed by atoms with Crippen molar-refractivity contribution < 1.29 is 24.8 Å². The van der Waals surface area contributed by atoms with Crippen molar-refractivity contribution in [1.29, 1.82) is 0 Å². The van der Waals surface area contributed by atoms with Gasteiger partial charge in [-0.1, -0.05) is 11.1 Å². The van der Waals surface area contributed by atoms with E-state index in [2.05, 4.69) is 19.6 Å². The summed E-state index contributed by atoms with van der Waals surface area (Å²) in [4.78, 5) is 0.375. The van der Waals surface area contributed by atoms with Crippen molar-refractivity contribution in [2.45, 2.75) is 11.8 Å². The summed E-state index contributed by atoms with van der Waals surface area (Å²) in [6.45, 7) is 1.82. The minimum absolute atomic E-state index is 0.0547. The molecule has 3 N–H and O–H groups in total. The molecule has 0 aliphatic rings. The van der Waals surface area contributed by atoms with Gasteiger partial charge in [0.25, 0.3) is 0 Å². The number of rotatable bonds is 4. The number of nitrogens with zero attached hydrogens (tertiary/aromatic N) is 2. The molecule has 20 heavy (non-hydrogen) atoms. The van der Waals surface area contributed by atoms with Crippen molar-refractivity contribution in [3.8, 4) is 11.5 Å². The average molecular weight is 296 g/mol. The van der Waals surface area contributed by atoms with E-state index in [-0.39, 0.29) is 22.6 Å². The monoisotopic (exact) mass is 296 g/mol. The second kappa shape index (κ2) is 6.06. The van der Waals surface area contributed by atoms with Crippen LogP contribution in [-0.2, 0) is 9.37 Å². The fourth-order valence-electron chi connectivity index (χ4n) is 1.92. The van der Waals surface area contributed by atoms with E-state index in [0.29, 0.717) is 22.3 Å². The zero-order chi connectivity index (χ0) is 14.7. The molecule has 0 atom stereocenters.